The van der Waals surface area contributed by atoms with Gasteiger partial charge in [0.05, 0.1) is 4.47 Å². The largest absolute Gasteiger partial charge is 0.505 e. The molecule has 0 bridgehead atoms. The predicted octanol–water partition coefficient (Wildman–Crippen LogP) is 2.43. The molecule has 1 N–H and O–H groups in total. The minimum Gasteiger partial charge on any atom is -0.505 e. The lowest BCUT2D eigenvalue weighted by atomic mass is 10.3. The zero-order valence-electron chi connectivity index (χ0n) is 4.74. The summed E-state index contributed by atoms with van der Waals surface area (Å²) in [7, 11) is 0. The molecule has 0 aliphatic rings. The summed E-state index contributed by atoms with van der Waals surface area (Å²) in [6.45, 7) is 0. The maximum absolute atomic E-state index is 12.4. The third-order valence-electron chi connectivity index (χ3n) is 0.974. The summed E-state index contributed by atoms with van der Waals surface area (Å²) in [4.78, 5) is 0. The minimum atomic E-state index is -0.846. The van der Waals surface area contributed by atoms with Gasteiger partial charge in [-0.05, 0) is 22.0 Å². The Labute approximate surface area is 64.4 Å². The van der Waals surface area contributed by atoms with Crippen LogP contribution in [-0.2, 0) is 0 Å². The Balaban J connectivity index is 3.31. The van der Waals surface area contributed by atoms with E-state index in [0.717, 1.165) is 6.07 Å². The lowest BCUT2D eigenvalue weighted by Crippen LogP contribution is -1.81. The van der Waals surface area contributed by atoms with Gasteiger partial charge in [0.2, 0.25) is 0 Å². The molecular formula is C6H3BrF2O. The molecule has 1 aromatic carbocycles. The van der Waals surface area contributed by atoms with E-state index in [2.05, 4.69) is 15.9 Å². The number of phenolic OH excluding ortho intramolecular Hbond substituents is 1. The van der Waals surface area contributed by atoms with Gasteiger partial charge in [-0.3, -0.25) is 0 Å². The molecule has 1 rings (SSSR count). The van der Waals surface area contributed by atoms with Crippen LogP contribution in [0.4, 0.5) is 8.78 Å². The SMILES string of the molecule is Oc1cc(F)cc(Br)c1F. The molecule has 1 nitrogen and oxygen atoms in total. The van der Waals surface area contributed by atoms with E-state index < -0.39 is 17.4 Å². The number of halogens is 3. The van der Waals surface area contributed by atoms with Crippen molar-refractivity contribution >= 4 is 15.9 Å². The van der Waals surface area contributed by atoms with Crippen LogP contribution in [0.15, 0.2) is 16.6 Å². The van der Waals surface area contributed by atoms with Crippen LogP contribution in [0.25, 0.3) is 0 Å². The van der Waals surface area contributed by atoms with E-state index in [-0.39, 0.29) is 4.47 Å². The second-order valence-corrected chi connectivity index (χ2v) is 2.58. The normalized spacial score (nSPS) is 9.90. The van der Waals surface area contributed by atoms with Crippen molar-refractivity contribution in [2.24, 2.45) is 0 Å². The first-order valence-corrected chi connectivity index (χ1v) is 3.24. The molecule has 0 aliphatic heterocycles. The minimum absolute atomic E-state index is 0.0787. The predicted molar refractivity (Wildman–Crippen MR) is 35.7 cm³/mol. The zero-order valence-corrected chi connectivity index (χ0v) is 6.32. The molecular weight excluding hydrogens is 206 g/mol. The van der Waals surface area contributed by atoms with Crippen LogP contribution in [0.1, 0.15) is 0 Å². The Morgan fingerprint density at radius 2 is 1.90 bits per heavy atom. The third kappa shape index (κ3) is 1.26. The fraction of sp³-hybridized carbons (Fsp3) is 0. The second kappa shape index (κ2) is 2.54. The molecule has 0 saturated heterocycles. The van der Waals surface area contributed by atoms with Crippen LogP contribution < -0.4 is 0 Å². The summed E-state index contributed by atoms with van der Waals surface area (Å²) in [5, 5.41) is 8.64. The van der Waals surface area contributed by atoms with Crippen LogP contribution in [0.5, 0.6) is 5.75 Å². The van der Waals surface area contributed by atoms with Crippen molar-refractivity contribution < 1.29 is 13.9 Å². The first-order valence-electron chi connectivity index (χ1n) is 2.45. The Bertz CT molecular complexity index is 239. The highest BCUT2D eigenvalue weighted by molar-refractivity contribution is 9.10. The second-order valence-electron chi connectivity index (χ2n) is 1.72. The van der Waals surface area contributed by atoms with Crippen molar-refractivity contribution in [1.82, 2.24) is 0 Å². The van der Waals surface area contributed by atoms with Crippen LogP contribution in [0.3, 0.4) is 0 Å². The Morgan fingerprint density at radius 1 is 1.30 bits per heavy atom. The quantitative estimate of drug-likeness (QED) is 0.650. The average molecular weight is 209 g/mol. The number of hydrogen-bond acceptors (Lipinski definition) is 1. The van der Waals surface area contributed by atoms with Gasteiger partial charge < -0.3 is 5.11 Å². The Morgan fingerprint density at radius 3 is 2.40 bits per heavy atom. The number of rotatable bonds is 0. The average Bonchev–Trinajstić information content (AvgIpc) is 1.82. The van der Waals surface area contributed by atoms with E-state index in [1.165, 1.54) is 0 Å². The summed E-state index contributed by atoms with van der Waals surface area (Å²) in [5.41, 5.74) is 0. The monoisotopic (exact) mass is 208 g/mol. The van der Waals surface area contributed by atoms with Crippen LogP contribution in [0, 0.1) is 11.6 Å². The van der Waals surface area contributed by atoms with Gasteiger partial charge in [-0.1, -0.05) is 0 Å². The fourth-order valence-corrected chi connectivity index (χ4v) is 0.964. The lowest BCUT2D eigenvalue weighted by molar-refractivity contribution is 0.424. The van der Waals surface area contributed by atoms with Gasteiger partial charge in [0.1, 0.15) is 5.82 Å². The Kier molecular flexibility index (Phi) is 1.89. The maximum Gasteiger partial charge on any atom is 0.179 e. The van der Waals surface area contributed by atoms with Gasteiger partial charge in [-0.15, -0.1) is 0 Å². The highest BCUT2D eigenvalue weighted by Crippen LogP contribution is 2.24. The molecule has 4 heteroatoms. The molecule has 0 aliphatic carbocycles. The van der Waals surface area contributed by atoms with Crippen LogP contribution >= 0.6 is 15.9 Å². The lowest BCUT2D eigenvalue weighted by Gasteiger charge is -1.96. The van der Waals surface area contributed by atoms with Crippen molar-refractivity contribution in [2.45, 2.75) is 0 Å². The van der Waals surface area contributed by atoms with E-state index >= 15 is 0 Å². The maximum atomic E-state index is 12.4. The number of phenols is 1. The Hall–Kier alpha value is -0.640. The summed E-state index contributed by atoms with van der Waals surface area (Å²) >= 11 is 2.72. The molecule has 0 atom stereocenters. The number of benzene rings is 1. The molecule has 0 heterocycles. The summed E-state index contributed by atoms with van der Waals surface area (Å²) < 4.78 is 24.6. The van der Waals surface area contributed by atoms with Crippen LogP contribution in [-0.4, -0.2) is 5.11 Å². The standard InChI is InChI=1S/C6H3BrF2O/c7-4-1-3(8)2-5(10)6(4)9/h1-2,10H. The van der Waals surface area contributed by atoms with Gasteiger partial charge in [0.25, 0.3) is 0 Å². The van der Waals surface area contributed by atoms with Gasteiger partial charge in [0, 0.05) is 6.07 Å². The topological polar surface area (TPSA) is 20.2 Å². The van der Waals surface area contributed by atoms with E-state index in [1.807, 2.05) is 0 Å². The van der Waals surface area contributed by atoms with E-state index in [9.17, 15) is 8.78 Å². The molecule has 0 fully saturated rings. The molecule has 54 valence electrons. The van der Waals surface area contributed by atoms with Crippen molar-refractivity contribution in [3.63, 3.8) is 0 Å². The highest BCUT2D eigenvalue weighted by atomic mass is 79.9. The number of aromatic hydroxyl groups is 1. The highest BCUT2D eigenvalue weighted by Gasteiger charge is 2.06. The molecule has 0 spiro atoms. The summed E-state index contributed by atoms with van der Waals surface area (Å²) in [6, 6.07) is 1.65. The van der Waals surface area contributed by atoms with Crippen molar-refractivity contribution in [3.05, 3.63) is 28.2 Å². The number of hydrogen-bond donors (Lipinski definition) is 1. The smallest absolute Gasteiger partial charge is 0.179 e. The van der Waals surface area contributed by atoms with Gasteiger partial charge in [-0.2, -0.15) is 0 Å². The molecule has 0 amide bonds. The van der Waals surface area contributed by atoms with Crippen molar-refractivity contribution in [3.8, 4) is 5.75 Å². The van der Waals surface area contributed by atoms with Gasteiger partial charge >= 0.3 is 0 Å². The fourth-order valence-electron chi connectivity index (χ4n) is 0.542. The molecule has 10 heavy (non-hydrogen) atoms. The zero-order chi connectivity index (χ0) is 7.72. The van der Waals surface area contributed by atoms with Gasteiger partial charge in [0.15, 0.2) is 11.6 Å². The molecule has 0 unspecified atom stereocenters. The first kappa shape index (κ1) is 7.47. The van der Waals surface area contributed by atoms with E-state index in [1.54, 1.807) is 0 Å². The summed E-state index contributed by atoms with van der Waals surface area (Å²) in [5.74, 6) is -2.21. The molecule has 0 saturated carbocycles. The summed E-state index contributed by atoms with van der Waals surface area (Å²) in [6.07, 6.45) is 0. The van der Waals surface area contributed by atoms with Crippen LogP contribution in [0.2, 0.25) is 0 Å². The van der Waals surface area contributed by atoms with E-state index in [4.69, 9.17) is 5.11 Å². The molecule has 0 aromatic heterocycles. The van der Waals surface area contributed by atoms with E-state index in [0.29, 0.717) is 6.07 Å². The molecule has 0 radical (unpaired) electrons. The van der Waals surface area contributed by atoms with Crippen molar-refractivity contribution in [2.75, 3.05) is 0 Å². The van der Waals surface area contributed by atoms with Gasteiger partial charge in [-0.25, -0.2) is 8.78 Å². The van der Waals surface area contributed by atoms with Crippen molar-refractivity contribution in [1.29, 1.82) is 0 Å². The third-order valence-corrected chi connectivity index (χ3v) is 1.55. The molecule has 1 aromatic rings. The first-order chi connectivity index (χ1) is 4.61.